The van der Waals surface area contributed by atoms with Crippen LogP contribution >= 0.6 is 0 Å². The molecule has 0 bridgehead atoms. The predicted octanol–water partition coefficient (Wildman–Crippen LogP) is 4.27. The molecule has 9 nitrogen and oxygen atoms in total. The third-order valence-electron chi connectivity index (χ3n) is 5.88. The fourth-order valence-electron chi connectivity index (χ4n) is 3.84. The lowest BCUT2D eigenvalue weighted by Gasteiger charge is -2.11. The molecule has 36 heavy (non-hydrogen) atoms. The molecule has 0 fully saturated rings. The van der Waals surface area contributed by atoms with Crippen molar-refractivity contribution in [1.82, 2.24) is 25.2 Å². The number of esters is 1. The molecule has 0 radical (unpaired) electrons. The highest BCUT2D eigenvalue weighted by Crippen LogP contribution is 2.21. The van der Waals surface area contributed by atoms with Crippen LogP contribution in [0.3, 0.4) is 0 Å². The van der Waals surface area contributed by atoms with Crippen molar-refractivity contribution in [1.29, 1.82) is 0 Å². The van der Waals surface area contributed by atoms with Crippen LogP contribution < -0.4 is 5.32 Å². The number of aryl methyl sites for hydroxylation is 1. The number of methoxy groups -OCH3 is 1. The Labute approximate surface area is 207 Å². The summed E-state index contributed by atoms with van der Waals surface area (Å²) in [5.41, 5.74) is 4.62. The maximum atomic E-state index is 13.1. The standard InChI is InChI=1S/C26H26FN5O4/c1-15-22(13-14-23(33)35-4)17(3)32(30-15)21-11-7-19(8-12-21)25(34)28-16(2)26-29-24(31-36-26)18-5-9-20(27)10-6-18/h5-12,16H,13-14H2,1-4H3,(H,28,34). The van der Waals surface area contributed by atoms with Crippen LogP contribution in [0.4, 0.5) is 4.39 Å². The molecular formula is C26H26FN5O4. The van der Waals surface area contributed by atoms with E-state index in [9.17, 15) is 14.0 Å². The van der Waals surface area contributed by atoms with Gasteiger partial charge in [0.2, 0.25) is 11.7 Å². The molecule has 0 saturated heterocycles. The minimum atomic E-state index is -0.535. The summed E-state index contributed by atoms with van der Waals surface area (Å²) in [5.74, 6) is -0.375. The van der Waals surface area contributed by atoms with E-state index in [-0.39, 0.29) is 30.0 Å². The highest BCUT2D eigenvalue weighted by molar-refractivity contribution is 5.94. The first-order valence-corrected chi connectivity index (χ1v) is 11.4. The third kappa shape index (κ3) is 5.32. The summed E-state index contributed by atoms with van der Waals surface area (Å²) in [6, 6.07) is 12.2. The first-order valence-electron chi connectivity index (χ1n) is 11.4. The number of hydrogen-bond donors (Lipinski definition) is 1. The highest BCUT2D eigenvalue weighted by Gasteiger charge is 2.19. The average Bonchev–Trinajstić information content (AvgIpc) is 3.48. The monoisotopic (exact) mass is 491 g/mol. The van der Waals surface area contributed by atoms with Gasteiger partial charge in [-0.05, 0) is 81.3 Å². The van der Waals surface area contributed by atoms with Gasteiger partial charge in [-0.3, -0.25) is 9.59 Å². The van der Waals surface area contributed by atoms with Crippen molar-refractivity contribution in [2.45, 2.75) is 39.7 Å². The normalized spacial score (nSPS) is 11.8. The number of nitrogens with one attached hydrogen (secondary N) is 1. The molecule has 186 valence electrons. The van der Waals surface area contributed by atoms with Crippen molar-refractivity contribution in [3.63, 3.8) is 0 Å². The largest absolute Gasteiger partial charge is 0.469 e. The zero-order chi connectivity index (χ0) is 25.8. The van der Waals surface area contributed by atoms with Gasteiger partial charge in [0, 0.05) is 23.2 Å². The molecule has 0 saturated carbocycles. The van der Waals surface area contributed by atoms with E-state index in [0.29, 0.717) is 23.4 Å². The molecule has 0 aliphatic rings. The number of carbonyl (C=O) groups is 2. The summed E-state index contributed by atoms with van der Waals surface area (Å²) in [6.07, 6.45) is 0.827. The van der Waals surface area contributed by atoms with Gasteiger partial charge >= 0.3 is 5.97 Å². The molecule has 1 amide bonds. The molecule has 2 heterocycles. The number of nitrogens with zero attached hydrogens (tertiary/aromatic N) is 4. The van der Waals surface area contributed by atoms with Crippen LogP contribution in [-0.4, -0.2) is 38.9 Å². The van der Waals surface area contributed by atoms with E-state index in [4.69, 9.17) is 9.26 Å². The zero-order valence-corrected chi connectivity index (χ0v) is 20.4. The van der Waals surface area contributed by atoms with Crippen molar-refractivity contribution in [3.8, 4) is 17.1 Å². The Morgan fingerprint density at radius 2 is 1.81 bits per heavy atom. The van der Waals surface area contributed by atoms with Gasteiger partial charge in [0.25, 0.3) is 5.91 Å². The molecule has 1 N–H and O–H groups in total. The Morgan fingerprint density at radius 1 is 1.11 bits per heavy atom. The van der Waals surface area contributed by atoms with Crippen molar-refractivity contribution >= 4 is 11.9 Å². The Bertz CT molecular complexity index is 1380. The summed E-state index contributed by atoms with van der Waals surface area (Å²) < 4.78 is 24.9. The van der Waals surface area contributed by atoms with Gasteiger partial charge < -0.3 is 14.6 Å². The van der Waals surface area contributed by atoms with Crippen molar-refractivity contribution in [2.24, 2.45) is 0 Å². The summed E-state index contributed by atoms with van der Waals surface area (Å²) in [4.78, 5) is 28.6. The molecule has 1 unspecified atom stereocenters. The van der Waals surface area contributed by atoms with E-state index < -0.39 is 6.04 Å². The van der Waals surface area contributed by atoms with Gasteiger partial charge in [0.05, 0.1) is 18.5 Å². The van der Waals surface area contributed by atoms with Crippen LogP contribution in [0, 0.1) is 19.7 Å². The van der Waals surface area contributed by atoms with Gasteiger partial charge in [-0.25, -0.2) is 9.07 Å². The molecule has 1 atom stereocenters. The van der Waals surface area contributed by atoms with E-state index in [1.807, 2.05) is 26.0 Å². The number of aromatic nitrogens is 4. The molecule has 0 aliphatic heterocycles. The van der Waals surface area contributed by atoms with Gasteiger partial charge in [0.15, 0.2) is 0 Å². The summed E-state index contributed by atoms with van der Waals surface area (Å²) >= 11 is 0. The first-order chi connectivity index (χ1) is 17.3. The molecule has 0 aliphatic carbocycles. The molecule has 0 spiro atoms. The van der Waals surface area contributed by atoms with Gasteiger partial charge in [-0.1, -0.05) is 5.16 Å². The van der Waals surface area contributed by atoms with E-state index in [1.54, 1.807) is 35.9 Å². The Kier molecular flexibility index (Phi) is 7.23. The zero-order valence-electron chi connectivity index (χ0n) is 20.4. The van der Waals surface area contributed by atoms with Crippen molar-refractivity contribution in [3.05, 3.63) is 82.8 Å². The van der Waals surface area contributed by atoms with E-state index in [0.717, 1.165) is 22.6 Å². The smallest absolute Gasteiger partial charge is 0.305 e. The first kappa shape index (κ1) is 24.8. The number of rotatable bonds is 8. The Balaban J connectivity index is 1.43. The van der Waals surface area contributed by atoms with Crippen molar-refractivity contribution in [2.75, 3.05) is 7.11 Å². The highest BCUT2D eigenvalue weighted by atomic mass is 19.1. The number of benzene rings is 2. The molecule has 4 rings (SSSR count). The second-order valence-electron chi connectivity index (χ2n) is 8.34. The Hall–Kier alpha value is -4.34. The molecular weight excluding hydrogens is 465 g/mol. The predicted molar refractivity (Wildman–Crippen MR) is 129 cm³/mol. The Morgan fingerprint density at radius 3 is 2.47 bits per heavy atom. The van der Waals surface area contributed by atoms with Crippen LogP contribution in [0.2, 0.25) is 0 Å². The van der Waals surface area contributed by atoms with Gasteiger partial charge in [-0.15, -0.1) is 0 Å². The van der Waals surface area contributed by atoms with Crippen LogP contribution in [0.1, 0.15) is 52.6 Å². The average molecular weight is 492 g/mol. The van der Waals surface area contributed by atoms with Crippen molar-refractivity contribution < 1.29 is 23.2 Å². The lowest BCUT2D eigenvalue weighted by atomic mass is 10.1. The van der Waals surface area contributed by atoms with E-state index in [1.165, 1.54) is 19.2 Å². The lowest BCUT2D eigenvalue weighted by Crippen LogP contribution is -2.26. The van der Waals surface area contributed by atoms with E-state index >= 15 is 0 Å². The minimum Gasteiger partial charge on any atom is -0.469 e. The second-order valence-corrected chi connectivity index (χ2v) is 8.34. The summed E-state index contributed by atoms with van der Waals surface area (Å²) in [5, 5.41) is 11.3. The topological polar surface area (TPSA) is 112 Å². The molecule has 10 heteroatoms. The van der Waals surface area contributed by atoms with Gasteiger partial charge in [-0.2, -0.15) is 10.1 Å². The van der Waals surface area contributed by atoms with Crippen LogP contribution in [-0.2, 0) is 16.0 Å². The maximum Gasteiger partial charge on any atom is 0.305 e. The number of amides is 1. The van der Waals surface area contributed by atoms with Crippen LogP contribution in [0.15, 0.2) is 53.1 Å². The van der Waals surface area contributed by atoms with Crippen LogP contribution in [0.25, 0.3) is 17.1 Å². The molecule has 2 aromatic heterocycles. The SMILES string of the molecule is COC(=O)CCc1c(C)nn(-c2ccc(C(=O)NC(C)c3nc(-c4ccc(F)cc4)no3)cc2)c1C. The number of hydrogen-bond acceptors (Lipinski definition) is 7. The lowest BCUT2D eigenvalue weighted by molar-refractivity contribution is -0.140. The second kappa shape index (κ2) is 10.5. The molecule has 4 aromatic rings. The fraction of sp³-hybridized carbons (Fsp3) is 0.269. The minimum absolute atomic E-state index is 0.237. The summed E-state index contributed by atoms with van der Waals surface area (Å²) in [7, 11) is 1.37. The maximum absolute atomic E-state index is 13.1. The number of halogens is 1. The molecule has 2 aromatic carbocycles. The summed E-state index contributed by atoms with van der Waals surface area (Å²) in [6.45, 7) is 5.58. The quantitative estimate of drug-likeness (QED) is 0.366. The van der Waals surface area contributed by atoms with Crippen LogP contribution in [0.5, 0.6) is 0 Å². The van der Waals surface area contributed by atoms with Gasteiger partial charge in [0.1, 0.15) is 11.9 Å². The fourth-order valence-corrected chi connectivity index (χ4v) is 3.84. The number of carbonyl (C=O) groups excluding carboxylic acids is 2. The third-order valence-corrected chi connectivity index (χ3v) is 5.88. The van der Waals surface area contributed by atoms with E-state index in [2.05, 4.69) is 20.6 Å². The number of ether oxygens (including phenoxy) is 1.